The van der Waals surface area contributed by atoms with E-state index in [1.807, 2.05) is 49.4 Å². The van der Waals surface area contributed by atoms with Gasteiger partial charge in [0, 0.05) is 12.6 Å². The predicted octanol–water partition coefficient (Wildman–Crippen LogP) is 3.48. The summed E-state index contributed by atoms with van der Waals surface area (Å²) in [7, 11) is 1.63. The van der Waals surface area contributed by atoms with Crippen molar-refractivity contribution in [1.29, 1.82) is 0 Å². The predicted molar refractivity (Wildman–Crippen MR) is 92.0 cm³/mol. The number of methoxy groups -OCH3 is 1. The molecule has 0 fully saturated rings. The molecule has 4 nitrogen and oxygen atoms in total. The maximum Gasteiger partial charge on any atom is 0.119 e. The molecule has 0 spiro atoms. The summed E-state index contributed by atoms with van der Waals surface area (Å²) in [4.78, 5) is 0. The van der Waals surface area contributed by atoms with E-state index in [2.05, 4.69) is 18.3 Å². The second kappa shape index (κ2) is 8.56. The molecule has 0 saturated heterocycles. The topological polar surface area (TPSA) is 50.7 Å². The van der Waals surface area contributed by atoms with Crippen molar-refractivity contribution in [1.82, 2.24) is 5.32 Å². The maximum atomic E-state index is 10.3. The number of hydrogen-bond donors (Lipinski definition) is 2. The lowest BCUT2D eigenvalue weighted by Gasteiger charge is -2.18. The van der Waals surface area contributed by atoms with Gasteiger partial charge in [-0.15, -0.1) is 0 Å². The molecule has 2 aromatic rings. The van der Waals surface area contributed by atoms with Crippen LogP contribution in [0.2, 0.25) is 0 Å². The third kappa shape index (κ3) is 4.98. The molecule has 2 atom stereocenters. The summed E-state index contributed by atoms with van der Waals surface area (Å²) in [5, 5.41) is 13.6. The molecule has 2 rings (SSSR count). The molecule has 0 saturated carbocycles. The van der Waals surface area contributed by atoms with E-state index in [1.165, 1.54) is 0 Å². The fourth-order valence-corrected chi connectivity index (χ4v) is 2.39. The van der Waals surface area contributed by atoms with E-state index in [0.717, 1.165) is 22.6 Å². The molecule has 0 aliphatic heterocycles. The van der Waals surface area contributed by atoms with Crippen molar-refractivity contribution in [2.75, 3.05) is 20.3 Å². The van der Waals surface area contributed by atoms with Crippen LogP contribution in [0.4, 0.5) is 0 Å². The van der Waals surface area contributed by atoms with Crippen molar-refractivity contribution in [2.24, 2.45) is 0 Å². The van der Waals surface area contributed by atoms with Crippen molar-refractivity contribution >= 4 is 0 Å². The average molecular weight is 315 g/mol. The van der Waals surface area contributed by atoms with Gasteiger partial charge in [-0.3, -0.25) is 0 Å². The van der Waals surface area contributed by atoms with Gasteiger partial charge in [-0.25, -0.2) is 0 Å². The zero-order valence-electron chi connectivity index (χ0n) is 14.0. The number of benzene rings is 2. The van der Waals surface area contributed by atoms with Gasteiger partial charge in [0.25, 0.3) is 0 Å². The fourth-order valence-electron chi connectivity index (χ4n) is 2.39. The van der Waals surface area contributed by atoms with E-state index in [0.29, 0.717) is 13.2 Å². The summed E-state index contributed by atoms with van der Waals surface area (Å²) in [5.74, 6) is 1.66. The van der Waals surface area contributed by atoms with E-state index in [4.69, 9.17) is 9.47 Å². The molecular weight excluding hydrogens is 290 g/mol. The molecule has 0 aliphatic rings. The summed E-state index contributed by atoms with van der Waals surface area (Å²) in [6.45, 7) is 5.18. The highest BCUT2D eigenvalue weighted by Crippen LogP contribution is 2.21. The molecule has 2 aromatic carbocycles. The van der Waals surface area contributed by atoms with Crippen LogP contribution in [0.15, 0.2) is 48.5 Å². The number of ether oxygens (including phenoxy) is 2. The molecule has 0 bridgehead atoms. The van der Waals surface area contributed by atoms with Crippen molar-refractivity contribution in [3.05, 3.63) is 59.7 Å². The molecule has 124 valence electrons. The molecule has 0 aromatic heterocycles. The molecule has 0 heterocycles. The first-order valence-electron chi connectivity index (χ1n) is 7.92. The number of nitrogens with one attached hydrogen (secondary N) is 1. The molecule has 4 heteroatoms. The lowest BCUT2D eigenvalue weighted by Crippen LogP contribution is -2.24. The quantitative estimate of drug-likeness (QED) is 0.783. The Bertz CT molecular complexity index is 598. The van der Waals surface area contributed by atoms with Gasteiger partial charge >= 0.3 is 0 Å². The van der Waals surface area contributed by atoms with Crippen LogP contribution < -0.4 is 14.8 Å². The lowest BCUT2D eigenvalue weighted by molar-refractivity contribution is 0.170. The largest absolute Gasteiger partial charge is 0.497 e. The van der Waals surface area contributed by atoms with E-state index in [-0.39, 0.29) is 6.04 Å². The third-order valence-electron chi connectivity index (χ3n) is 3.79. The monoisotopic (exact) mass is 315 g/mol. The minimum atomic E-state index is -0.557. The van der Waals surface area contributed by atoms with Gasteiger partial charge in [-0.2, -0.15) is 0 Å². The zero-order chi connectivity index (χ0) is 16.7. The Morgan fingerprint density at radius 2 is 1.78 bits per heavy atom. The van der Waals surface area contributed by atoms with Gasteiger partial charge in [0.05, 0.1) is 19.8 Å². The number of rotatable bonds is 8. The van der Waals surface area contributed by atoms with Crippen LogP contribution in [0.5, 0.6) is 11.5 Å². The first kappa shape index (κ1) is 17.3. The number of hydrogen-bond acceptors (Lipinski definition) is 4. The normalized spacial score (nSPS) is 13.4. The SMILES string of the molecule is CCOc1cccc(C(C)NCC(O)c2ccc(OC)cc2)c1. The Morgan fingerprint density at radius 3 is 2.43 bits per heavy atom. The molecule has 0 radical (unpaired) electrons. The van der Waals surface area contributed by atoms with Gasteiger partial charge in [0.1, 0.15) is 11.5 Å². The maximum absolute atomic E-state index is 10.3. The molecule has 2 unspecified atom stereocenters. The Hall–Kier alpha value is -2.04. The molecule has 0 aliphatic carbocycles. The molecule has 2 N–H and O–H groups in total. The van der Waals surface area contributed by atoms with E-state index in [9.17, 15) is 5.11 Å². The Labute approximate surface area is 138 Å². The third-order valence-corrected chi connectivity index (χ3v) is 3.79. The van der Waals surface area contributed by atoms with Gasteiger partial charge in [0.2, 0.25) is 0 Å². The summed E-state index contributed by atoms with van der Waals surface area (Å²) in [6, 6.07) is 15.6. The number of aliphatic hydroxyl groups excluding tert-OH is 1. The summed E-state index contributed by atoms with van der Waals surface area (Å²) in [5.41, 5.74) is 2.01. The van der Waals surface area contributed by atoms with Crippen molar-refractivity contribution in [3.8, 4) is 11.5 Å². The van der Waals surface area contributed by atoms with Crippen LogP contribution in [0.3, 0.4) is 0 Å². The van der Waals surface area contributed by atoms with Gasteiger partial charge in [-0.05, 0) is 49.2 Å². The van der Waals surface area contributed by atoms with Gasteiger partial charge in [-0.1, -0.05) is 24.3 Å². The second-order valence-electron chi connectivity index (χ2n) is 5.42. The summed E-state index contributed by atoms with van der Waals surface area (Å²) in [6.07, 6.45) is -0.557. The Balaban J connectivity index is 1.92. The highest BCUT2D eigenvalue weighted by molar-refractivity contribution is 5.31. The van der Waals surface area contributed by atoms with Gasteiger partial charge in [0.15, 0.2) is 0 Å². The summed E-state index contributed by atoms with van der Waals surface area (Å²) < 4.78 is 10.7. The molecular formula is C19H25NO3. The van der Waals surface area contributed by atoms with Crippen molar-refractivity contribution < 1.29 is 14.6 Å². The van der Waals surface area contributed by atoms with Crippen LogP contribution in [-0.4, -0.2) is 25.4 Å². The second-order valence-corrected chi connectivity index (χ2v) is 5.42. The number of aliphatic hydroxyl groups is 1. The highest BCUT2D eigenvalue weighted by atomic mass is 16.5. The van der Waals surface area contributed by atoms with Crippen molar-refractivity contribution in [2.45, 2.75) is 26.0 Å². The van der Waals surface area contributed by atoms with E-state index in [1.54, 1.807) is 7.11 Å². The lowest BCUT2D eigenvalue weighted by atomic mass is 10.1. The van der Waals surface area contributed by atoms with Crippen LogP contribution in [0.25, 0.3) is 0 Å². The molecule has 0 amide bonds. The van der Waals surface area contributed by atoms with Crippen LogP contribution >= 0.6 is 0 Å². The minimum Gasteiger partial charge on any atom is -0.497 e. The average Bonchev–Trinajstić information content (AvgIpc) is 2.60. The first-order valence-corrected chi connectivity index (χ1v) is 7.92. The van der Waals surface area contributed by atoms with Crippen LogP contribution in [0, 0.1) is 0 Å². The molecule has 23 heavy (non-hydrogen) atoms. The zero-order valence-corrected chi connectivity index (χ0v) is 14.0. The first-order chi connectivity index (χ1) is 11.1. The van der Waals surface area contributed by atoms with E-state index < -0.39 is 6.10 Å². The Morgan fingerprint density at radius 1 is 1.04 bits per heavy atom. The summed E-state index contributed by atoms with van der Waals surface area (Å²) >= 11 is 0. The van der Waals surface area contributed by atoms with E-state index >= 15 is 0 Å². The highest BCUT2D eigenvalue weighted by Gasteiger charge is 2.11. The van der Waals surface area contributed by atoms with Crippen molar-refractivity contribution in [3.63, 3.8) is 0 Å². The Kier molecular flexibility index (Phi) is 6.44. The standard InChI is InChI=1S/C19H25NO3/c1-4-23-18-7-5-6-16(12-18)14(2)20-13-19(21)15-8-10-17(22-3)11-9-15/h5-12,14,19-21H,4,13H2,1-3H3. The van der Waals surface area contributed by atoms with Crippen LogP contribution in [-0.2, 0) is 0 Å². The van der Waals surface area contributed by atoms with Gasteiger partial charge < -0.3 is 19.9 Å². The smallest absolute Gasteiger partial charge is 0.119 e. The minimum absolute atomic E-state index is 0.128. The van der Waals surface area contributed by atoms with Crippen LogP contribution in [0.1, 0.15) is 37.1 Å². The fraction of sp³-hybridized carbons (Fsp3) is 0.368.